The fraction of sp³-hybridized carbons (Fsp3) is 0.536. The molecule has 2 N–H and O–H groups in total. The predicted octanol–water partition coefficient (Wildman–Crippen LogP) is 5.38. The Morgan fingerprint density at radius 3 is 1.57 bits per heavy atom. The van der Waals surface area contributed by atoms with Gasteiger partial charge in [-0.1, -0.05) is 35.3 Å². The Labute approximate surface area is 248 Å². The van der Waals surface area contributed by atoms with Gasteiger partial charge in [-0.25, -0.2) is 9.97 Å². The number of aryl methyl sites for hydroxylation is 2. The van der Waals surface area contributed by atoms with Gasteiger partial charge in [-0.3, -0.25) is 14.5 Å². The van der Waals surface area contributed by atoms with Crippen molar-refractivity contribution in [2.75, 3.05) is 28.2 Å². The SMILES string of the molecule is CN(C)C(OC(C)(C)C)OC(C)(C)C.Cc1ccc(Cl)nc1C(=O)N=CN(C)C.Cc1ccc(Cl)nc1C(N)=O. The zero-order valence-corrected chi connectivity index (χ0v) is 27.2. The summed E-state index contributed by atoms with van der Waals surface area (Å²) in [4.78, 5) is 37.3. The molecule has 0 fully saturated rings. The van der Waals surface area contributed by atoms with E-state index in [0.717, 1.165) is 11.1 Å². The average molecular weight is 600 g/mol. The van der Waals surface area contributed by atoms with E-state index in [9.17, 15) is 9.59 Å². The van der Waals surface area contributed by atoms with E-state index in [0.29, 0.717) is 10.8 Å². The van der Waals surface area contributed by atoms with Crippen LogP contribution in [0.25, 0.3) is 0 Å². The minimum Gasteiger partial charge on any atom is -0.369 e. The standard InChI is InChI=1S/C11H25NO2.C10H12ClN3O.C7H7ClN2O/c1-10(2,3)13-9(12(7)8)14-11(4,5)6;1-7-4-5-8(11)13-9(7)10(15)12-6-14(2)3;1-4-2-3-5(8)10-6(4)7(9)11/h9H,1-8H3;4-6H,1-3H3;2-3H,1H3,(H2,9,11). The Bertz CT molecular complexity index is 1130. The van der Waals surface area contributed by atoms with Gasteiger partial charge in [-0.05, 0) is 92.7 Å². The summed E-state index contributed by atoms with van der Waals surface area (Å²) in [7, 11) is 7.47. The first kappa shape index (κ1) is 37.4. The largest absolute Gasteiger partial charge is 0.369 e. The summed E-state index contributed by atoms with van der Waals surface area (Å²) in [5, 5.41) is 0.577. The van der Waals surface area contributed by atoms with Crippen LogP contribution in [0, 0.1) is 13.8 Å². The number of amides is 2. The number of carbonyl (C=O) groups excluding carboxylic acids is 2. The van der Waals surface area contributed by atoms with Crippen LogP contribution in [0.5, 0.6) is 0 Å². The summed E-state index contributed by atoms with van der Waals surface area (Å²) < 4.78 is 11.6. The highest BCUT2D eigenvalue weighted by atomic mass is 35.5. The Balaban J connectivity index is 0.000000577. The molecule has 2 heterocycles. The second-order valence-electron chi connectivity index (χ2n) is 11.2. The van der Waals surface area contributed by atoms with Gasteiger partial charge in [-0.2, -0.15) is 4.99 Å². The first-order chi connectivity index (χ1) is 18.1. The molecule has 40 heavy (non-hydrogen) atoms. The highest BCUT2D eigenvalue weighted by molar-refractivity contribution is 6.29. The van der Waals surface area contributed by atoms with Crippen molar-refractivity contribution < 1.29 is 19.1 Å². The summed E-state index contributed by atoms with van der Waals surface area (Å²) in [5.41, 5.74) is 6.66. The van der Waals surface area contributed by atoms with Gasteiger partial charge >= 0.3 is 0 Å². The molecule has 0 atom stereocenters. The highest BCUT2D eigenvalue weighted by Crippen LogP contribution is 2.18. The van der Waals surface area contributed by atoms with Crippen LogP contribution >= 0.6 is 23.2 Å². The Hall–Kier alpha value is -2.63. The van der Waals surface area contributed by atoms with Crippen LogP contribution < -0.4 is 5.73 Å². The van der Waals surface area contributed by atoms with Crippen LogP contribution in [0.1, 0.15) is 73.6 Å². The summed E-state index contributed by atoms with van der Waals surface area (Å²) >= 11 is 11.2. The van der Waals surface area contributed by atoms with Gasteiger partial charge in [0.2, 0.25) is 6.41 Å². The van der Waals surface area contributed by atoms with Crippen LogP contribution in [-0.4, -0.2) is 83.7 Å². The van der Waals surface area contributed by atoms with Crippen molar-refractivity contribution in [1.29, 1.82) is 0 Å². The van der Waals surface area contributed by atoms with Crippen molar-refractivity contribution in [2.24, 2.45) is 10.7 Å². The van der Waals surface area contributed by atoms with Crippen molar-refractivity contribution in [3.63, 3.8) is 0 Å². The molecule has 0 aliphatic heterocycles. The number of rotatable bonds is 6. The number of hydrogen-bond acceptors (Lipinski definition) is 7. The quantitative estimate of drug-likeness (QED) is 0.203. The number of pyridine rings is 2. The van der Waals surface area contributed by atoms with Gasteiger partial charge in [0, 0.05) is 14.1 Å². The normalized spacial score (nSPS) is 11.6. The lowest BCUT2D eigenvalue weighted by Crippen LogP contribution is -2.43. The number of hydrogen-bond donors (Lipinski definition) is 1. The van der Waals surface area contributed by atoms with Crippen molar-refractivity contribution in [3.05, 3.63) is 57.1 Å². The van der Waals surface area contributed by atoms with Gasteiger partial charge in [0.15, 0.2) is 0 Å². The molecule has 0 aliphatic rings. The first-order valence-electron chi connectivity index (χ1n) is 12.5. The smallest absolute Gasteiger partial charge is 0.297 e. The number of aliphatic imine (C=N–C) groups is 1. The first-order valence-corrected chi connectivity index (χ1v) is 13.2. The molecule has 0 unspecified atom stereocenters. The summed E-state index contributed by atoms with van der Waals surface area (Å²) in [6, 6.07) is 6.70. The fourth-order valence-corrected chi connectivity index (χ4v) is 2.84. The Morgan fingerprint density at radius 1 is 0.850 bits per heavy atom. The topological polar surface area (TPSA) is 123 Å². The molecule has 10 nitrogen and oxygen atoms in total. The zero-order valence-electron chi connectivity index (χ0n) is 25.7. The molecule has 2 amide bonds. The molecule has 0 saturated carbocycles. The predicted molar refractivity (Wildman–Crippen MR) is 162 cm³/mol. The number of carbonyl (C=O) groups is 2. The zero-order chi connectivity index (χ0) is 31.4. The van der Waals surface area contributed by atoms with E-state index in [1.54, 1.807) is 57.1 Å². The maximum atomic E-state index is 11.6. The van der Waals surface area contributed by atoms with Gasteiger partial charge in [0.25, 0.3) is 11.8 Å². The molecular formula is C28H44Cl2N6O4. The van der Waals surface area contributed by atoms with Gasteiger partial charge < -0.3 is 20.1 Å². The molecule has 2 aromatic heterocycles. The molecule has 0 saturated heterocycles. The lowest BCUT2D eigenvalue weighted by molar-refractivity contribution is -0.285. The van der Waals surface area contributed by atoms with E-state index in [1.807, 2.05) is 60.5 Å². The van der Waals surface area contributed by atoms with E-state index < -0.39 is 5.91 Å². The molecule has 0 bridgehead atoms. The second kappa shape index (κ2) is 16.6. The number of ether oxygens (including phenoxy) is 2. The minimum absolute atomic E-state index is 0.194. The number of nitrogens with two attached hydrogens (primary N) is 1. The van der Waals surface area contributed by atoms with E-state index >= 15 is 0 Å². The maximum absolute atomic E-state index is 11.6. The van der Waals surface area contributed by atoms with E-state index in [-0.39, 0.29) is 34.4 Å². The van der Waals surface area contributed by atoms with Crippen LogP contribution in [-0.2, 0) is 9.47 Å². The molecule has 224 valence electrons. The summed E-state index contributed by atoms with van der Waals surface area (Å²) in [6.07, 6.45) is 1.14. The molecule has 0 spiro atoms. The number of halogens is 2. The second-order valence-corrected chi connectivity index (χ2v) is 12.0. The Kier molecular flexibility index (Phi) is 15.5. The van der Waals surface area contributed by atoms with Crippen LogP contribution in [0.15, 0.2) is 29.3 Å². The number of nitrogens with zero attached hydrogens (tertiary/aromatic N) is 5. The lowest BCUT2D eigenvalue weighted by atomic mass is 10.2. The average Bonchev–Trinajstić information content (AvgIpc) is 2.79. The van der Waals surface area contributed by atoms with Crippen LogP contribution in [0.3, 0.4) is 0 Å². The van der Waals surface area contributed by atoms with E-state index in [4.69, 9.17) is 38.4 Å². The Morgan fingerprint density at radius 2 is 1.25 bits per heavy atom. The monoisotopic (exact) mass is 598 g/mol. The summed E-state index contributed by atoms with van der Waals surface area (Å²) in [6.45, 7) is 15.7. The number of primary amides is 1. The third kappa shape index (κ3) is 16.5. The molecule has 2 aromatic rings. The fourth-order valence-electron chi connectivity index (χ4n) is 2.54. The van der Waals surface area contributed by atoms with Crippen molar-refractivity contribution in [2.45, 2.75) is 73.0 Å². The minimum atomic E-state index is -0.551. The van der Waals surface area contributed by atoms with Crippen molar-refractivity contribution in [3.8, 4) is 0 Å². The molecule has 12 heteroatoms. The van der Waals surface area contributed by atoms with Crippen molar-refractivity contribution in [1.82, 2.24) is 19.8 Å². The van der Waals surface area contributed by atoms with Crippen molar-refractivity contribution >= 4 is 41.4 Å². The lowest BCUT2D eigenvalue weighted by Gasteiger charge is -2.35. The highest BCUT2D eigenvalue weighted by Gasteiger charge is 2.25. The number of aromatic nitrogens is 2. The molecule has 2 rings (SSSR count). The van der Waals surface area contributed by atoms with Gasteiger partial charge in [-0.15, -0.1) is 0 Å². The van der Waals surface area contributed by atoms with Crippen LogP contribution in [0.4, 0.5) is 0 Å². The molecule has 0 aliphatic carbocycles. The van der Waals surface area contributed by atoms with Gasteiger partial charge in [0.05, 0.1) is 17.5 Å². The third-order valence-electron chi connectivity index (χ3n) is 4.30. The molecular weight excluding hydrogens is 555 g/mol. The van der Waals surface area contributed by atoms with Crippen LogP contribution in [0.2, 0.25) is 10.3 Å². The van der Waals surface area contributed by atoms with E-state index in [2.05, 4.69) is 15.0 Å². The summed E-state index contributed by atoms with van der Waals surface area (Å²) in [5.74, 6) is -0.936. The molecule has 0 aromatic carbocycles. The van der Waals surface area contributed by atoms with Gasteiger partial charge in [0.1, 0.15) is 21.7 Å². The molecule has 0 radical (unpaired) electrons. The maximum Gasteiger partial charge on any atom is 0.297 e. The van der Waals surface area contributed by atoms with E-state index in [1.165, 1.54) is 6.34 Å². The third-order valence-corrected chi connectivity index (χ3v) is 4.72.